The Labute approximate surface area is 226 Å². The van der Waals surface area contributed by atoms with Gasteiger partial charge in [0.25, 0.3) is 0 Å². The minimum absolute atomic E-state index is 0.377. The number of rotatable bonds is 6. The minimum Gasteiger partial charge on any atom is -0.495 e. The predicted molar refractivity (Wildman–Crippen MR) is 150 cm³/mol. The van der Waals surface area contributed by atoms with Crippen LogP contribution in [0.4, 0.5) is 4.39 Å². The van der Waals surface area contributed by atoms with Crippen LogP contribution in [0.5, 0.6) is 11.6 Å². The fraction of sp³-hybridized carbons (Fsp3) is 0.414. The molecule has 8 nitrogen and oxygen atoms in total. The van der Waals surface area contributed by atoms with Gasteiger partial charge in [-0.1, -0.05) is 53.7 Å². The second kappa shape index (κ2) is 16.8. The Bertz CT molecular complexity index is 1230. The number of halogens is 1. The van der Waals surface area contributed by atoms with Crippen molar-refractivity contribution >= 4 is 0 Å². The molecule has 0 amide bonds. The molecular formula is C29H41FN6O2. The molecule has 0 unspecified atom stereocenters. The van der Waals surface area contributed by atoms with Crippen LogP contribution in [0.3, 0.4) is 0 Å². The molecule has 4 aromatic rings. The molecule has 0 spiro atoms. The van der Waals surface area contributed by atoms with Crippen molar-refractivity contribution in [3.63, 3.8) is 0 Å². The molecule has 38 heavy (non-hydrogen) atoms. The first-order valence-corrected chi connectivity index (χ1v) is 12.9. The van der Waals surface area contributed by atoms with Crippen molar-refractivity contribution in [2.75, 3.05) is 14.2 Å². The number of aromatic nitrogens is 6. The van der Waals surface area contributed by atoms with E-state index in [1.54, 1.807) is 20.4 Å². The quantitative estimate of drug-likeness (QED) is 0.273. The zero-order valence-corrected chi connectivity index (χ0v) is 24.3. The lowest BCUT2D eigenvalue weighted by atomic mass is 10.1. The van der Waals surface area contributed by atoms with E-state index in [4.69, 9.17) is 9.47 Å². The SMILES string of the molecule is CC.CC.CC(C)Cc1ncc(F)cn1.COc1cc(-c2nnc(C)n2-c2c(C)cccc2OC)ccn1. The third-order valence-corrected chi connectivity index (χ3v) is 4.94. The van der Waals surface area contributed by atoms with Gasteiger partial charge in [0.2, 0.25) is 5.88 Å². The molecule has 1 aromatic carbocycles. The van der Waals surface area contributed by atoms with Crippen LogP contribution in [0.25, 0.3) is 17.1 Å². The molecule has 0 saturated carbocycles. The first kappa shape index (κ1) is 32.1. The number of methoxy groups -OCH3 is 2. The molecule has 0 bridgehead atoms. The highest BCUT2D eigenvalue weighted by molar-refractivity contribution is 5.63. The van der Waals surface area contributed by atoms with Gasteiger partial charge in [-0.3, -0.25) is 4.57 Å². The Hall–Kier alpha value is -3.88. The average Bonchev–Trinajstić information content (AvgIpc) is 3.33. The summed E-state index contributed by atoms with van der Waals surface area (Å²) in [6, 6.07) is 9.65. The second-order valence-corrected chi connectivity index (χ2v) is 8.03. The number of nitrogens with zero attached hydrogens (tertiary/aromatic N) is 6. The first-order chi connectivity index (χ1) is 18.3. The monoisotopic (exact) mass is 524 g/mol. The maximum atomic E-state index is 12.3. The van der Waals surface area contributed by atoms with Crippen LogP contribution in [0, 0.1) is 25.6 Å². The van der Waals surface area contributed by atoms with Crippen molar-refractivity contribution in [2.45, 2.75) is 61.8 Å². The van der Waals surface area contributed by atoms with E-state index in [1.807, 2.05) is 76.4 Å². The minimum atomic E-state index is -0.377. The molecule has 4 rings (SSSR count). The summed E-state index contributed by atoms with van der Waals surface area (Å²) >= 11 is 0. The molecule has 0 saturated heterocycles. The van der Waals surface area contributed by atoms with Gasteiger partial charge in [0.15, 0.2) is 11.6 Å². The van der Waals surface area contributed by atoms with Crippen LogP contribution in [0.2, 0.25) is 0 Å². The largest absolute Gasteiger partial charge is 0.495 e. The molecule has 3 aromatic heterocycles. The van der Waals surface area contributed by atoms with Crippen molar-refractivity contribution in [1.82, 2.24) is 29.7 Å². The maximum Gasteiger partial charge on any atom is 0.213 e. The Morgan fingerprint density at radius 3 is 2.13 bits per heavy atom. The van der Waals surface area contributed by atoms with Gasteiger partial charge in [0.05, 0.1) is 32.3 Å². The lowest BCUT2D eigenvalue weighted by Gasteiger charge is -2.15. The van der Waals surface area contributed by atoms with E-state index < -0.39 is 0 Å². The topological polar surface area (TPSA) is 87.8 Å². The van der Waals surface area contributed by atoms with Gasteiger partial charge < -0.3 is 9.47 Å². The Balaban J connectivity index is 0.000000405. The fourth-order valence-corrected chi connectivity index (χ4v) is 3.37. The smallest absolute Gasteiger partial charge is 0.213 e. The molecule has 0 aliphatic rings. The van der Waals surface area contributed by atoms with E-state index in [9.17, 15) is 4.39 Å². The molecule has 0 fully saturated rings. The second-order valence-electron chi connectivity index (χ2n) is 8.03. The van der Waals surface area contributed by atoms with E-state index in [-0.39, 0.29) is 5.82 Å². The van der Waals surface area contributed by atoms with Crippen molar-refractivity contribution in [1.29, 1.82) is 0 Å². The summed E-state index contributed by atoms with van der Waals surface area (Å²) in [5.41, 5.74) is 2.89. The van der Waals surface area contributed by atoms with Gasteiger partial charge in [0.1, 0.15) is 17.4 Å². The van der Waals surface area contributed by atoms with Crippen LogP contribution >= 0.6 is 0 Å². The van der Waals surface area contributed by atoms with E-state index in [2.05, 4.69) is 39.0 Å². The molecule has 0 radical (unpaired) electrons. The summed E-state index contributed by atoms with van der Waals surface area (Å²) < 4.78 is 25.0. The molecule has 0 N–H and O–H groups in total. The average molecular weight is 525 g/mol. The van der Waals surface area contributed by atoms with E-state index in [0.29, 0.717) is 17.6 Å². The Morgan fingerprint density at radius 1 is 0.895 bits per heavy atom. The van der Waals surface area contributed by atoms with Crippen molar-refractivity contribution in [2.24, 2.45) is 5.92 Å². The number of hydrogen-bond donors (Lipinski definition) is 0. The zero-order chi connectivity index (χ0) is 28.7. The van der Waals surface area contributed by atoms with Crippen molar-refractivity contribution < 1.29 is 13.9 Å². The number of aryl methyl sites for hydroxylation is 2. The summed E-state index contributed by atoms with van der Waals surface area (Å²) in [6.45, 7) is 16.1. The summed E-state index contributed by atoms with van der Waals surface area (Å²) in [4.78, 5) is 11.8. The Morgan fingerprint density at radius 2 is 1.55 bits per heavy atom. The van der Waals surface area contributed by atoms with Gasteiger partial charge in [-0.25, -0.2) is 19.3 Å². The van der Waals surface area contributed by atoms with E-state index >= 15 is 0 Å². The Kier molecular flexibility index (Phi) is 14.2. The van der Waals surface area contributed by atoms with Gasteiger partial charge >= 0.3 is 0 Å². The van der Waals surface area contributed by atoms with Crippen molar-refractivity contribution in [3.05, 3.63) is 72.0 Å². The van der Waals surface area contributed by atoms with Crippen LogP contribution in [-0.2, 0) is 6.42 Å². The summed E-state index contributed by atoms with van der Waals surface area (Å²) in [6.07, 6.45) is 4.90. The van der Waals surface area contributed by atoms with Crippen LogP contribution in [0.1, 0.15) is 58.8 Å². The molecule has 206 valence electrons. The molecule has 0 aliphatic carbocycles. The highest BCUT2D eigenvalue weighted by Gasteiger charge is 2.18. The molecule has 3 heterocycles. The summed E-state index contributed by atoms with van der Waals surface area (Å²) in [5, 5.41) is 8.57. The van der Waals surface area contributed by atoms with Gasteiger partial charge in [-0.05, 0) is 37.5 Å². The summed E-state index contributed by atoms with van der Waals surface area (Å²) in [7, 11) is 3.25. The van der Waals surface area contributed by atoms with Crippen molar-refractivity contribution in [3.8, 4) is 28.7 Å². The standard InChI is InChI=1S/C17H18N4O2.C8H11FN2.2C2H6/c1-11-6-5-7-14(22-3)16(11)21-12(2)19-20-17(21)13-8-9-18-15(10-13)23-4;1-6(2)3-8-10-4-7(9)5-11-8;2*1-2/h5-10H,1-4H3;4-6H,3H2,1-2H3;2*1-2H3. The van der Waals surface area contributed by atoms with Gasteiger partial charge in [0, 0.05) is 24.2 Å². The zero-order valence-electron chi connectivity index (χ0n) is 24.3. The number of benzene rings is 1. The normalized spacial score (nSPS) is 9.79. The van der Waals surface area contributed by atoms with E-state index in [1.165, 1.54) is 12.4 Å². The maximum absolute atomic E-state index is 12.3. The van der Waals surface area contributed by atoms with Crippen LogP contribution in [0.15, 0.2) is 48.9 Å². The number of ether oxygens (including phenoxy) is 2. The van der Waals surface area contributed by atoms with Crippen LogP contribution < -0.4 is 9.47 Å². The molecule has 0 atom stereocenters. The molecule has 9 heteroatoms. The third kappa shape index (κ3) is 8.90. The molecule has 0 aliphatic heterocycles. The van der Waals surface area contributed by atoms with Gasteiger partial charge in [-0.15, -0.1) is 10.2 Å². The number of para-hydroxylation sites is 1. The third-order valence-electron chi connectivity index (χ3n) is 4.94. The fourth-order valence-electron chi connectivity index (χ4n) is 3.37. The highest BCUT2D eigenvalue weighted by Crippen LogP contribution is 2.32. The van der Waals surface area contributed by atoms with Crippen LogP contribution in [-0.4, -0.2) is 43.9 Å². The number of hydrogen-bond acceptors (Lipinski definition) is 7. The lowest BCUT2D eigenvalue weighted by molar-refractivity contribution is 0.398. The first-order valence-electron chi connectivity index (χ1n) is 12.9. The van der Waals surface area contributed by atoms with E-state index in [0.717, 1.165) is 40.6 Å². The number of pyridine rings is 1. The molecular weight excluding hydrogens is 483 g/mol. The predicted octanol–water partition coefficient (Wildman–Crippen LogP) is 6.83. The lowest BCUT2D eigenvalue weighted by Crippen LogP contribution is -2.05. The van der Waals surface area contributed by atoms with Gasteiger partial charge in [-0.2, -0.15) is 0 Å². The highest BCUT2D eigenvalue weighted by atomic mass is 19.1. The summed E-state index contributed by atoms with van der Waals surface area (Å²) in [5.74, 6) is 3.65.